The van der Waals surface area contributed by atoms with Crippen molar-refractivity contribution in [2.75, 3.05) is 0 Å². The zero-order valence-corrected chi connectivity index (χ0v) is 5.65. The van der Waals surface area contributed by atoms with Gasteiger partial charge in [0.2, 0.25) is 0 Å². The van der Waals surface area contributed by atoms with Crippen molar-refractivity contribution in [3.63, 3.8) is 0 Å². The number of nitrogens with zero attached hydrogens (tertiary/aromatic N) is 4. The van der Waals surface area contributed by atoms with Gasteiger partial charge in [-0.05, 0) is 0 Å². The second-order valence-electron chi connectivity index (χ2n) is 1.80. The summed E-state index contributed by atoms with van der Waals surface area (Å²) in [6, 6.07) is 0. The molecule has 0 fully saturated rings. The van der Waals surface area contributed by atoms with E-state index in [1.165, 1.54) is 16.7 Å². The van der Waals surface area contributed by atoms with Gasteiger partial charge in [-0.2, -0.15) is 0 Å². The van der Waals surface area contributed by atoms with Crippen LogP contribution in [0.2, 0.25) is 0 Å². The fraction of sp³-hybridized carbons (Fsp3) is 0. The third-order valence-electron chi connectivity index (χ3n) is 1.14. The van der Waals surface area contributed by atoms with Gasteiger partial charge >= 0.3 is 0 Å². The molecule has 0 bridgehead atoms. The topological polar surface area (TPSA) is 43.6 Å². The Morgan fingerprint density at radius 3 is 3.10 bits per heavy atom. The fourth-order valence-electron chi connectivity index (χ4n) is 0.720. The molecule has 0 saturated heterocycles. The van der Waals surface area contributed by atoms with E-state index in [9.17, 15) is 0 Å². The highest BCUT2D eigenvalue weighted by Crippen LogP contribution is 2.11. The lowest BCUT2D eigenvalue weighted by molar-refractivity contribution is 1.07. The van der Waals surface area contributed by atoms with Crippen LogP contribution in [0.5, 0.6) is 0 Å². The maximum atomic E-state index is 5.56. The Morgan fingerprint density at radius 1 is 1.30 bits per heavy atom. The van der Waals surface area contributed by atoms with E-state index < -0.39 is 0 Å². The Kier molecular flexibility index (Phi) is 1.07. The summed E-state index contributed by atoms with van der Waals surface area (Å²) in [7, 11) is 0. The molecule has 0 amide bonds. The Labute approximate surface area is 62.0 Å². The van der Waals surface area contributed by atoms with Crippen LogP contribution in [-0.2, 0) is 0 Å². The lowest BCUT2D eigenvalue weighted by atomic mass is 10.4. The maximum absolute atomic E-state index is 5.56. The first kappa shape index (κ1) is 5.61. The van der Waals surface area contributed by atoms with Gasteiger partial charge in [0.1, 0.15) is 18.3 Å². The number of rotatable bonds is 0. The number of halogens is 1. The van der Waals surface area contributed by atoms with Crippen LogP contribution in [0.15, 0.2) is 18.9 Å². The number of fused-ring (bicyclic) bond motifs is 1. The zero-order valence-electron chi connectivity index (χ0n) is 4.90. The quantitative estimate of drug-likeness (QED) is 0.563. The van der Waals surface area contributed by atoms with Crippen molar-refractivity contribution in [1.82, 2.24) is 19.0 Å². The van der Waals surface area contributed by atoms with Crippen LogP contribution in [-0.4, -0.2) is 19.0 Å². The average Bonchev–Trinajstić information content (AvgIpc) is 2.33. The summed E-state index contributed by atoms with van der Waals surface area (Å²) in [4.78, 5) is 11.7. The third kappa shape index (κ3) is 0.733. The highest BCUT2D eigenvalue weighted by atomic mass is 35.5. The van der Waals surface area contributed by atoms with Gasteiger partial charge in [-0.25, -0.2) is 19.0 Å². The van der Waals surface area contributed by atoms with E-state index in [1.54, 1.807) is 6.20 Å². The van der Waals surface area contributed by atoms with Crippen LogP contribution < -0.4 is 0 Å². The molecular formula is C5H3ClN4. The molecule has 0 saturated carbocycles. The molecule has 0 atom stereocenters. The minimum absolute atomic E-state index is 0.622. The van der Waals surface area contributed by atoms with Crippen molar-refractivity contribution in [3.05, 3.63) is 18.9 Å². The Morgan fingerprint density at radius 2 is 2.20 bits per heavy atom. The van der Waals surface area contributed by atoms with E-state index >= 15 is 0 Å². The van der Waals surface area contributed by atoms with E-state index in [4.69, 9.17) is 11.8 Å². The molecular weight excluding hydrogens is 152 g/mol. The molecule has 50 valence electrons. The first-order valence-electron chi connectivity index (χ1n) is 2.67. The molecule has 2 rings (SSSR count). The Bertz CT molecular complexity index is 318. The first-order chi connectivity index (χ1) is 4.86. The van der Waals surface area contributed by atoms with Gasteiger partial charge in [0, 0.05) is 11.8 Å². The normalized spacial score (nSPS) is 10.5. The van der Waals surface area contributed by atoms with E-state index in [0.717, 1.165) is 0 Å². The van der Waals surface area contributed by atoms with Gasteiger partial charge in [0.05, 0.1) is 6.20 Å². The maximum Gasteiger partial charge on any atom is 0.182 e. The molecule has 2 aliphatic rings. The summed E-state index contributed by atoms with van der Waals surface area (Å²) in [5.74, 6) is 0.622. The number of aromatic nitrogens is 4. The molecule has 0 radical (unpaired) electrons. The van der Waals surface area contributed by atoms with Crippen LogP contribution >= 0.6 is 11.8 Å². The smallest absolute Gasteiger partial charge is 0.182 e. The number of hydrogen-bond acceptors (Lipinski definition) is 3. The van der Waals surface area contributed by atoms with Crippen LogP contribution in [0.1, 0.15) is 0 Å². The van der Waals surface area contributed by atoms with Crippen molar-refractivity contribution in [3.8, 4) is 11.5 Å². The molecule has 0 spiro atoms. The first-order valence-corrected chi connectivity index (χ1v) is 3.01. The van der Waals surface area contributed by atoms with E-state index in [-0.39, 0.29) is 0 Å². The summed E-state index contributed by atoms with van der Waals surface area (Å²) < 4.78 is 1.32. The van der Waals surface area contributed by atoms with Gasteiger partial charge < -0.3 is 0 Å². The van der Waals surface area contributed by atoms with E-state index in [1.807, 2.05) is 0 Å². The molecule has 0 aromatic heterocycles. The molecule has 0 aromatic carbocycles. The average molecular weight is 155 g/mol. The molecule has 10 heavy (non-hydrogen) atoms. The highest BCUT2D eigenvalue weighted by Gasteiger charge is 2.04. The highest BCUT2D eigenvalue weighted by molar-refractivity contribution is 6.15. The molecule has 0 unspecified atom stereocenters. The summed E-state index contributed by atoms with van der Waals surface area (Å²) >= 11 is 5.56. The molecule has 0 aliphatic carbocycles. The summed E-state index contributed by atoms with van der Waals surface area (Å²) in [6.07, 6.45) is 4.57. The second kappa shape index (κ2) is 1.91. The van der Waals surface area contributed by atoms with Gasteiger partial charge in [-0.3, -0.25) is 0 Å². The molecule has 0 aromatic rings. The van der Waals surface area contributed by atoms with Gasteiger partial charge in [0.25, 0.3) is 0 Å². The second-order valence-corrected chi connectivity index (χ2v) is 2.19. The van der Waals surface area contributed by atoms with Crippen LogP contribution in [0.25, 0.3) is 11.5 Å². The molecule has 5 heteroatoms. The van der Waals surface area contributed by atoms with Crippen molar-refractivity contribution < 1.29 is 0 Å². The number of imidazole rings is 1. The minimum atomic E-state index is 0.622. The predicted molar refractivity (Wildman–Crippen MR) is 35.7 cm³/mol. The molecule has 0 N–H and O–H groups in total. The standard InChI is InChI=1S/C5H3ClN4/c6-10-1-4-5(9-3-10)8-2-7-4/h1-3H. The molecule has 2 aliphatic heterocycles. The third-order valence-corrected chi connectivity index (χ3v) is 1.33. The summed E-state index contributed by atoms with van der Waals surface area (Å²) in [5, 5.41) is 0. The van der Waals surface area contributed by atoms with Gasteiger partial charge in [-0.15, -0.1) is 0 Å². The largest absolute Gasteiger partial charge is 0.248 e. The van der Waals surface area contributed by atoms with Crippen LogP contribution in [0.3, 0.4) is 0 Å². The molecule has 2 heterocycles. The van der Waals surface area contributed by atoms with Gasteiger partial charge in [-0.1, -0.05) is 0 Å². The Balaban J connectivity index is 2.75. The van der Waals surface area contributed by atoms with Crippen molar-refractivity contribution in [2.24, 2.45) is 0 Å². The van der Waals surface area contributed by atoms with Crippen molar-refractivity contribution >= 4 is 11.8 Å². The van der Waals surface area contributed by atoms with Crippen LogP contribution in [0.4, 0.5) is 0 Å². The molecule has 4 nitrogen and oxygen atoms in total. The van der Waals surface area contributed by atoms with Gasteiger partial charge in [0.15, 0.2) is 5.82 Å². The zero-order chi connectivity index (χ0) is 6.97. The van der Waals surface area contributed by atoms with Crippen LogP contribution in [0, 0.1) is 0 Å². The lowest BCUT2D eigenvalue weighted by Gasteiger charge is -1.94. The SMILES string of the molecule is Cln1cnc2ncnc-2c1. The van der Waals surface area contributed by atoms with E-state index in [2.05, 4.69) is 15.0 Å². The monoisotopic (exact) mass is 154 g/mol. The predicted octanol–water partition coefficient (Wildman–Crippen LogP) is 0.780. The Hall–Kier alpha value is -1.16. The summed E-state index contributed by atoms with van der Waals surface area (Å²) in [5.41, 5.74) is 0.706. The summed E-state index contributed by atoms with van der Waals surface area (Å²) in [6.45, 7) is 0. The number of hydrogen-bond donors (Lipinski definition) is 0. The van der Waals surface area contributed by atoms with Crippen molar-refractivity contribution in [1.29, 1.82) is 0 Å². The minimum Gasteiger partial charge on any atom is -0.248 e. The van der Waals surface area contributed by atoms with Crippen molar-refractivity contribution in [2.45, 2.75) is 0 Å². The fourth-order valence-corrected chi connectivity index (χ4v) is 0.856. The lowest BCUT2D eigenvalue weighted by Crippen LogP contribution is -1.90. The van der Waals surface area contributed by atoms with E-state index in [0.29, 0.717) is 11.5 Å².